The fourth-order valence-corrected chi connectivity index (χ4v) is 1.88. The third-order valence-corrected chi connectivity index (χ3v) is 3.37. The second-order valence-electron chi connectivity index (χ2n) is 3.37. The van der Waals surface area contributed by atoms with Crippen LogP contribution in [0.15, 0.2) is 18.3 Å². The maximum absolute atomic E-state index is 9.12. The van der Waals surface area contributed by atoms with E-state index in [0.29, 0.717) is 5.69 Å². The summed E-state index contributed by atoms with van der Waals surface area (Å²) in [6.07, 6.45) is 3.59. The van der Waals surface area contributed by atoms with E-state index < -0.39 is 0 Å². The molecule has 0 radical (unpaired) electrons. The van der Waals surface area contributed by atoms with Crippen LogP contribution in [0.4, 0.5) is 11.5 Å². The lowest BCUT2D eigenvalue weighted by Gasteiger charge is -2.21. The van der Waals surface area contributed by atoms with Gasteiger partial charge in [0.2, 0.25) is 0 Å². The topological polar surface area (TPSA) is 71.2 Å². The average molecular weight is 227 g/mol. The van der Waals surface area contributed by atoms with Gasteiger partial charge in [0, 0.05) is 11.3 Å². The second kappa shape index (κ2) is 5.82. The number of nitrogen functional groups attached to an aromatic ring is 1. The van der Waals surface area contributed by atoms with E-state index in [-0.39, 0.29) is 17.9 Å². The van der Waals surface area contributed by atoms with Crippen LogP contribution < -0.4 is 11.1 Å². The molecule has 15 heavy (non-hydrogen) atoms. The van der Waals surface area contributed by atoms with Gasteiger partial charge in [0.05, 0.1) is 18.5 Å². The summed E-state index contributed by atoms with van der Waals surface area (Å²) >= 11 is 1.64. The predicted octanol–water partition coefficient (Wildman–Crippen LogP) is 1.19. The van der Waals surface area contributed by atoms with Crippen molar-refractivity contribution in [2.75, 3.05) is 23.9 Å². The Bertz CT molecular complexity index is 287. The van der Waals surface area contributed by atoms with Crippen LogP contribution in [0.5, 0.6) is 0 Å². The van der Waals surface area contributed by atoms with Crippen molar-refractivity contribution in [1.29, 1.82) is 0 Å². The molecule has 2 unspecified atom stereocenters. The van der Waals surface area contributed by atoms with E-state index in [9.17, 15) is 0 Å². The summed E-state index contributed by atoms with van der Waals surface area (Å²) in [6, 6.07) is 3.80. The van der Waals surface area contributed by atoms with Crippen molar-refractivity contribution in [2.24, 2.45) is 0 Å². The zero-order chi connectivity index (χ0) is 11.3. The number of nitrogens with zero attached hydrogens (tertiary/aromatic N) is 1. The number of anilines is 2. The highest BCUT2D eigenvalue weighted by molar-refractivity contribution is 7.99. The molecule has 4 nitrogen and oxygen atoms in total. The van der Waals surface area contributed by atoms with Gasteiger partial charge >= 0.3 is 0 Å². The van der Waals surface area contributed by atoms with Crippen LogP contribution in [0, 0.1) is 0 Å². The first-order chi connectivity index (χ1) is 7.17. The van der Waals surface area contributed by atoms with Gasteiger partial charge < -0.3 is 16.2 Å². The van der Waals surface area contributed by atoms with Crippen molar-refractivity contribution in [1.82, 2.24) is 4.98 Å². The molecule has 1 aromatic rings. The Morgan fingerprint density at radius 2 is 2.33 bits per heavy atom. The minimum atomic E-state index is 0.157. The van der Waals surface area contributed by atoms with Crippen LogP contribution >= 0.6 is 11.8 Å². The third kappa shape index (κ3) is 3.60. The van der Waals surface area contributed by atoms with Crippen LogP contribution in [0.2, 0.25) is 0 Å². The molecule has 0 aromatic carbocycles. The lowest BCUT2D eigenvalue weighted by Crippen LogP contribution is -2.31. The summed E-state index contributed by atoms with van der Waals surface area (Å²) < 4.78 is 0. The van der Waals surface area contributed by atoms with Crippen molar-refractivity contribution >= 4 is 23.3 Å². The van der Waals surface area contributed by atoms with Gasteiger partial charge in [-0.3, -0.25) is 0 Å². The lowest BCUT2D eigenvalue weighted by atomic mass is 10.2. The number of aliphatic hydroxyl groups is 1. The van der Waals surface area contributed by atoms with Crippen molar-refractivity contribution in [3.05, 3.63) is 18.3 Å². The number of rotatable bonds is 5. The van der Waals surface area contributed by atoms with E-state index in [1.807, 2.05) is 19.2 Å². The average Bonchev–Trinajstić information content (AvgIpc) is 2.23. The zero-order valence-electron chi connectivity index (χ0n) is 8.97. The molecule has 0 aliphatic heterocycles. The van der Waals surface area contributed by atoms with Crippen LogP contribution in [-0.4, -0.2) is 34.2 Å². The maximum atomic E-state index is 9.12. The molecule has 0 saturated heterocycles. The minimum Gasteiger partial charge on any atom is -0.397 e. The number of aromatic nitrogens is 1. The van der Waals surface area contributed by atoms with Gasteiger partial charge in [0.1, 0.15) is 5.82 Å². The normalized spacial score (nSPS) is 14.6. The Morgan fingerprint density at radius 1 is 1.60 bits per heavy atom. The maximum Gasteiger partial charge on any atom is 0.126 e. The summed E-state index contributed by atoms with van der Waals surface area (Å²) in [5.74, 6) is 0.782. The first-order valence-corrected chi connectivity index (χ1v) is 6.08. The molecule has 0 aliphatic carbocycles. The van der Waals surface area contributed by atoms with Crippen molar-refractivity contribution < 1.29 is 5.11 Å². The Balaban J connectivity index is 2.57. The highest BCUT2D eigenvalue weighted by Crippen LogP contribution is 2.15. The fourth-order valence-electron chi connectivity index (χ4n) is 1.25. The Kier molecular flexibility index (Phi) is 4.71. The first-order valence-electron chi connectivity index (χ1n) is 4.79. The molecular weight excluding hydrogens is 210 g/mol. The van der Waals surface area contributed by atoms with Gasteiger partial charge in [-0.25, -0.2) is 4.98 Å². The van der Waals surface area contributed by atoms with Gasteiger partial charge in [-0.05, 0) is 25.3 Å². The predicted molar refractivity (Wildman–Crippen MR) is 66.1 cm³/mol. The SMILES string of the molecule is CSC(CO)C(C)Nc1ccc(N)cn1. The van der Waals surface area contributed by atoms with Crippen LogP contribution in [0.1, 0.15) is 6.92 Å². The van der Waals surface area contributed by atoms with Crippen LogP contribution in [0.25, 0.3) is 0 Å². The molecule has 0 spiro atoms. The molecule has 1 heterocycles. The van der Waals surface area contributed by atoms with E-state index in [4.69, 9.17) is 10.8 Å². The summed E-state index contributed by atoms with van der Waals surface area (Å²) in [7, 11) is 0. The fraction of sp³-hybridized carbons (Fsp3) is 0.500. The van der Waals surface area contributed by atoms with Gasteiger partial charge in [-0.1, -0.05) is 0 Å². The number of hydrogen-bond donors (Lipinski definition) is 3. The molecule has 1 aromatic heterocycles. The number of thioether (sulfide) groups is 1. The zero-order valence-corrected chi connectivity index (χ0v) is 9.79. The van der Waals surface area contributed by atoms with Gasteiger partial charge in [-0.15, -0.1) is 0 Å². The first kappa shape index (κ1) is 12.1. The highest BCUT2D eigenvalue weighted by Gasteiger charge is 2.14. The van der Waals surface area contributed by atoms with Crippen molar-refractivity contribution in [2.45, 2.75) is 18.2 Å². The third-order valence-electron chi connectivity index (χ3n) is 2.20. The molecule has 0 amide bonds. The minimum absolute atomic E-state index is 0.157. The smallest absolute Gasteiger partial charge is 0.126 e. The van der Waals surface area contributed by atoms with Gasteiger partial charge in [0.25, 0.3) is 0 Å². The number of pyridine rings is 1. The van der Waals surface area contributed by atoms with E-state index in [1.165, 1.54) is 0 Å². The standard InChI is InChI=1S/C10H17N3OS/c1-7(9(6-14)15-2)13-10-4-3-8(11)5-12-10/h3-5,7,9,14H,6,11H2,1-2H3,(H,12,13). The van der Waals surface area contributed by atoms with E-state index in [2.05, 4.69) is 10.3 Å². The number of nitrogens with two attached hydrogens (primary N) is 1. The summed E-state index contributed by atoms with van der Waals surface area (Å²) in [5, 5.41) is 12.5. The second-order valence-corrected chi connectivity index (χ2v) is 4.44. The number of hydrogen-bond acceptors (Lipinski definition) is 5. The molecule has 0 fully saturated rings. The van der Waals surface area contributed by atoms with E-state index in [0.717, 1.165) is 5.82 Å². The lowest BCUT2D eigenvalue weighted by molar-refractivity contribution is 0.288. The molecule has 5 heteroatoms. The Morgan fingerprint density at radius 3 is 2.80 bits per heavy atom. The molecule has 84 valence electrons. The van der Waals surface area contributed by atoms with E-state index in [1.54, 1.807) is 24.0 Å². The number of aliphatic hydroxyl groups excluding tert-OH is 1. The molecule has 0 saturated carbocycles. The summed E-state index contributed by atoms with van der Waals surface area (Å²) in [6.45, 7) is 2.18. The molecule has 1 rings (SSSR count). The Hall–Kier alpha value is -0.940. The monoisotopic (exact) mass is 227 g/mol. The molecule has 0 aliphatic rings. The van der Waals surface area contributed by atoms with Crippen LogP contribution in [0.3, 0.4) is 0 Å². The number of nitrogens with one attached hydrogen (secondary N) is 1. The Labute approximate surface area is 94.3 Å². The van der Waals surface area contributed by atoms with E-state index >= 15 is 0 Å². The molecule has 4 N–H and O–H groups in total. The molecule has 0 bridgehead atoms. The van der Waals surface area contributed by atoms with Gasteiger partial charge in [0.15, 0.2) is 0 Å². The molecule has 2 atom stereocenters. The summed E-state index contributed by atoms with van der Waals surface area (Å²) in [5.41, 5.74) is 6.19. The van der Waals surface area contributed by atoms with Crippen molar-refractivity contribution in [3.63, 3.8) is 0 Å². The summed E-state index contributed by atoms with van der Waals surface area (Å²) in [4.78, 5) is 4.14. The van der Waals surface area contributed by atoms with Crippen LogP contribution in [-0.2, 0) is 0 Å². The van der Waals surface area contributed by atoms with Crippen molar-refractivity contribution in [3.8, 4) is 0 Å². The quantitative estimate of drug-likeness (QED) is 0.705. The van der Waals surface area contributed by atoms with Gasteiger partial charge in [-0.2, -0.15) is 11.8 Å². The largest absolute Gasteiger partial charge is 0.397 e. The highest BCUT2D eigenvalue weighted by atomic mass is 32.2. The molecular formula is C10H17N3OS.